The third kappa shape index (κ3) is 3.40. The molecular weight excluding hydrogens is 208 g/mol. The maximum atomic E-state index is 11.8. The van der Waals surface area contributed by atoms with Gasteiger partial charge in [-0.05, 0) is 25.7 Å². The van der Waals surface area contributed by atoms with Gasteiger partial charge in [0.1, 0.15) is 6.54 Å². The number of rotatable bonds is 3. The van der Waals surface area contributed by atoms with Crippen LogP contribution in [0.2, 0.25) is 0 Å². The number of carbonyl (C=O) groups is 2. The molecule has 0 spiro atoms. The van der Waals surface area contributed by atoms with Crippen molar-refractivity contribution in [3.05, 3.63) is 0 Å². The molecule has 1 aliphatic heterocycles. The Morgan fingerprint density at radius 2 is 2.19 bits per heavy atom. The Morgan fingerprint density at radius 1 is 1.44 bits per heavy atom. The molecule has 1 atom stereocenters. The van der Waals surface area contributed by atoms with E-state index < -0.39 is 6.09 Å². The van der Waals surface area contributed by atoms with Gasteiger partial charge >= 0.3 is 6.09 Å². The van der Waals surface area contributed by atoms with Gasteiger partial charge in [-0.15, -0.1) is 0 Å². The van der Waals surface area contributed by atoms with Crippen LogP contribution in [0, 0.1) is 0 Å². The largest absolute Gasteiger partial charge is 0.453 e. The second-order valence-electron chi connectivity index (χ2n) is 3.99. The van der Waals surface area contributed by atoms with E-state index in [1.165, 1.54) is 13.5 Å². The van der Waals surface area contributed by atoms with Crippen molar-refractivity contribution in [2.75, 3.05) is 20.2 Å². The first-order valence-electron chi connectivity index (χ1n) is 5.80. The van der Waals surface area contributed by atoms with E-state index in [0.717, 1.165) is 25.8 Å². The van der Waals surface area contributed by atoms with Crippen molar-refractivity contribution in [2.24, 2.45) is 0 Å². The van der Waals surface area contributed by atoms with Crippen molar-refractivity contribution < 1.29 is 14.3 Å². The number of alkyl carbamates (subject to hydrolysis) is 1. The van der Waals surface area contributed by atoms with Crippen LogP contribution in [0.4, 0.5) is 4.79 Å². The molecule has 5 heteroatoms. The first-order valence-corrected chi connectivity index (χ1v) is 5.80. The molecule has 0 aromatic carbocycles. The molecule has 1 fully saturated rings. The summed E-state index contributed by atoms with van der Waals surface area (Å²) < 4.78 is 4.42. The maximum absolute atomic E-state index is 11.8. The average Bonchev–Trinajstić information content (AvgIpc) is 2.35. The SMILES string of the molecule is CCC1CCCCN1C(=O)CNC(=O)OC. The highest BCUT2D eigenvalue weighted by molar-refractivity contribution is 5.82. The average molecular weight is 228 g/mol. The molecule has 1 aliphatic rings. The Kier molecular flexibility index (Phi) is 5.08. The summed E-state index contributed by atoms with van der Waals surface area (Å²) in [4.78, 5) is 24.6. The highest BCUT2D eigenvalue weighted by Gasteiger charge is 2.25. The van der Waals surface area contributed by atoms with Crippen LogP contribution in [0.5, 0.6) is 0 Å². The zero-order chi connectivity index (χ0) is 12.0. The summed E-state index contributed by atoms with van der Waals surface area (Å²) in [6.07, 6.45) is 3.73. The van der Waals surface area contributed by atoms with Crippen molar-refractivity contribution in [1.29, 1.82) is 0 Å². The first-order chi connectivity index (χ1) is 7.69. The first kappa shape index (κ1) is 12.8. The molecular formula is C11H20N2O3. The maximum Gasteiger partial charge on any atom is 0.407 e. The molecule has 0 aliphatic carbocycles. The summed E-state index contributed by atoms with van der Waals surface area (Å²) in [6.45, 7) is 2.92. The van der Waals surface area contributed by atoms with E-state index in [1.807, 2.05) is 4.90 Å². The predicted octanol–water partition coefficient (Wildman–Crippen LogP) is 1.13. The molecule has 1 saturated heterocycles. The number of ether oxygens (including phenoxy) is 1. The number of nitrogens with one attached hydrogen (secondary N) is 1. The quantitative estimate of drug-likeness (QED) is 0.788. The Bertz CT molecular complexity index is 256. The van der Waals surface area contributed by atoms with Crippen LogP contribution < -0.4 is 5.32 Å². The van der Waals surface area contributed by atoms with Crippen molar-refractivity contribution in [2.45, 2.75) is 38.6 Å². The van der Waals surface area contributed by atoms with Crippen LogP contribution in [-0.2, 0) is 9.53 Å². The second-order valence-corrected chi connectivity index (χ2v) is 3.99. The number of likely N-dealkylation sites (tertiary alicyclic amines) is 1. The standard InChI is InChI=1S/C11H20N2O3/c1-3-9-6-4-5-7-13(9)10(14)8-12-11(15)16-2/h9H,3-8H2,1-2H3,(H,12,15). The monoisotopic (exact) mass is 228 g/mol. The van der Waals surface area contributed by atoms with Crippen LogP contribution >= 0.6 is 0 Å². The lowest BCUT2D eigenvalue weighted by Gasteiger charge is -2.35. The topological polar surface area (TPSA) is 58.6 Å². The van der Waals surface area contributed by atoms with Gasteiger partial charge in [0.25, 0.3) is 0 Å². The van der Waals surface area contributed by atoms with E-state index >= 15 is 0 Å². The van der Waals surface area contributed by atoms with E-state index in [1.54, 1.807) is 0 Å². The minimum Gasteiger partial charge on any atom is -0.453 e. The molecule has 0 saturated carbocycles. The number of hydrogen-bond acceptors (Lipinski definition) is 3. The van der Waals surface area contributed by atoms with Gasteiger partial charge in [0.15, 0.2) is 0 Å². The summed E-state index contributed by atoms with van der Waals surface area (Å²) in [5.74, 6) is -0.0167. The number of nitrogens with zero attached hydrogens (tertiary/aromatic N) is 1. The fourth-order valence-electron chi connectivity index (χ4n) is 2.07. The Hall–Kier alpha value is -1.26. The number of methoxy groups -OCH3 is 1. The van der Waals surface area contributed by atoms with Gasteiger partial charge in [0, 0.05) is 12.6 Å². The molecule has 0 bridgehead atoms. The molecule has 1 unspecified atom stereocenters. The van der Waals surface area contributed by atoms with Gasteiger partial charge in [-0.25, -0.2) is 4.79 Å². The Balaban J connectivity index is 2.41. The number of amides is 2. The van der Waals surface area contributed by atoms with Gasteiger partial charge in [-0.3, -0.25) is 4.79 Å². The van der Waals surface area contributed by atoms with E-state index in [0.29, 0.717) is 6.04 Å². The summed E-state index contributed by atoms with van der Waals surface area (Å²) in [5.41, 5.74) is 0. The molecule has 1 heterocycles. The molecule has 1 N–H and O–H groups in total. The highest BCUT2D eigenvalue weighted by atomic mass is 16.5. The lowest BCUT2D eigenvalue weighted by Crippen LogP contribution is -2.47. The van der Waals surface area contributed by atoms with Gasteiger partial charge < -0.3 is 15.0 Å². The molecule has 0 aromatic heterocycles. The van der Waals surface area contributed by atoms with Gasteiger partial charge in [0.05, 0.1) is 7.11 Å². The van der Waals surface area contributed by atoms with Crippen LogP contribution in [0.3, 0.4) is 0 Å². The minimum absolute atomic E-state index is 0.0167. The van der Waals surface area contributed by atoms with Crippen molar-refractivity contribution in [1.82, 2.24) is 10.2 Å². The van der Waals surface area contributed by atoms with Crippen molar-refractivity contribution in [3.8, 4) is 0 Å². The highest BCUT2D eigenvalue weighted by Crippen LogP contribution is 2.19. The third-order valence-corrected chi connectivity index (χ3v) is 2.99. The number of carbonyl (C=O) groups excluding carboxylic acids is 2. The molecule has 2 amide bonds. The minimum atomic E-state index is -0.557. The Labute approximate surface area is 96.1 Å². The fourth-order valence-corrected chi connectivity index (χ4v) is 2.07. The number of hydrogen-bond donors (Lipinski definition) is 1. The lowest BCUT2D eigenvalue weighted by molar-refractivity contribution is -0.133. The van der Waals surface area contributed by atoms with Crippen LogP contribution in [0.25, 0.3) is 0 Å². The summed E-state index contributed by atoms with van der Waals surface area (Å²) >= 11 is 0. The van der Waals surface area contributed by atoms with Crippen molar-refractivity contribution >= 4 is 12.0 Å². The summed E-state index contributed by atoms with van der Waals surface area (Å²) in [5, 5.41) is 2.42. The zero-order valence-electron chi connectivity index (χ0n) is 9.99. The molecule has 0 aromatic rings. The lowest BCUT2D eigenvalue weighted by atomic mass is 10.00. The smallest absolute Gasteiger partial charge is 0.407 e. The fraction of sp³-hybridized carbons (Fsp3) is 0.818. The van der Waals surface area contributed by atoms with Crippen LogP contribution in [0.1, 0.15) is 32.6 Å². The summed E-state index contributed by atoms with van der Waals surface area (Å²) in [7, 11) is 1.29. The van der Waals surface area contributed by atoms with Crippen LogP contribution in [-0.4, -0.2) is 43.1 Å². The van der Waals surface area contributed by atoms with E-state index in [-0.39, 0.29) is 12.5 Å². The summed E-state index contributed by atoms with van der Waals surface area (Å²) in [6, 6.07) is 0.334. The molecule has 92 valence electrons. The van der Waals surface area contributed by atoms with Gasteiger partial charge in [-0.2, -0.15) is 0 Å². The molecule has 0 radical (unpaired) electrons. The van der Waals surface area contributed by atoms with Crippen molar-refractivity contribution in [3.63, 3.8) is 0 Å². The van der Waals surface area contributed by atoms with E-state index in [9.17, 15) is 9.59 Å². The molecule has 1 rings (SSSR count). The normalized spacial score (nSPS) is 20.4. The third-order valence-electron chi connectivity index (χ3n) is 2.99. The molecule has 16 heavy (non-hydrogen) atoms. The van der Waals surface area contributed by atoms with E-state index in [2.05, 4.69) is 17.0 Å². The molecule has 5 nitrogen and oxygen atoms in total. The Morgan fingerprint density at radius 3 is 2.81 bits per heavy atom. The zero-order valence-corrected chi connectivity index (χ0v) is 9.99. The number of piperidine rings is 1. The van der Waals surface area contributed by atoms with E-state index in [4.69, 9.17) is 0 Å². The predicted molar refractivity (Wildman–Crippen MR) is 60.1 cm³/mol. The van der Waals surface area contributed by atoms with Gasteiger partial charge in [0.2, 0.25) is 5.91 Å². The van der Waals surface area contributed by atoms with Gasteiger partial charge in [-0.1, -0.05) is 6.92 Å². The second kappa shape index (κ2) is 6.35. The van der Waals surface area contributed by atoms with Crippen LogP contribution in [0.15, 0.2) is 0 Å².